The number of hydrogen-bond acceptors (Lipinski definition) is 2. The first-order valence-electron chi connectivity index (χ1n) is 8.92. The van der Waals surface area contributed by atoms with Crippen LogP contribution in [0.25, 0.3) is 5.65 Å². The van der Waals surface area contributed by atoms with Crippen molar-refractivity contribution in [3.63, 3.8) is 0 Å². The third kappa shape index (κ3) is 3.23. The van der Waals surface area contributed by atoms with E-state index in [1.165, 1.54) is 12.3 Å². The Morgan fingerprint density at radius 3 is 2.68 bits per heavy atom. The van der Waals surface area contributed by atoms with Crippen molar-refractivity contribution < 1.29 is 22.4 Å². The fraction of sp³-hybridized carbons (Fsp3) is 0.300. The summed E-state index contributed by atoms with van der Waals surface area (Å²) in [5.41, 5.74) is 0.557. The van der Waals surface area contributed by atoms with Crippen molar-refractivity contribution in [2.75, 3.05) is 0 Å². The maximum absolute atomic E-state index is 13.3. The van der Waals surface area contributed by atoms with E-state index in [4.69, 9.17) is 0 Å². The zero-order valence-electron chi connectivity index (χ0n) is 14.7. The normalized spacial score (nSPS) is 16.6. The molecular formula is C20H17F4N3O. The van der Waals surface area contributed by atoms with Gasteiger partial charge >= 0.3 is 0 Å². The molecule has 4 nitrogen and oxygen atoms in total. The van der Waals surface area contributed by atoms with E-state index in [9.17, 15) is 22.4 Å². The number of benzene rings is 1. The van der Waals surface area contributed by atoms with Gasteiger partial charge in [0.05, 0.1) is 17.3 Å². The molecule has 1 amide bonds. The van der Waals surface area contributed by atoms with Crippen LogP contribution < -0.4 is 5.32 Å². The fourth-order valence-electron chi connectivity index (χ4n) is 3.72. The number of aromatic nitrogens is 2. The van der Waals surface area contributed by atoms with E-state index in [1.54, 1.807) is 0 Å². The van der Waals surface area contributed by atoms with Crippen molar-refractivity contribution in [2.24, 2.45) is 0 Å². The zero-order chi connectivity index (χ0) is 19.8. The SMILES string of the molecule is O=C(NC1CCCc2ccccc21)c1ccn2c(C(F)F)cc(C(F)F)nc12. The minimum Gasteiger partial charge on any atom is -0.345 e. The summed E-state index contributed by atoms with van der Waals surface area (Å²) in [6, 6.07) is 9.55. The molecule has 1 aliphatic carbocycles. The standard InChI is InChI=1S/C20H17F4N3O/c21-17(22)15-10-16(18(23)24)27-9-8-13(19(27)25-15)20(28)26-14-7-3-5-11-4-1-2-6-12(11)14/h1-2,4,6,8-10,14,17-18H,3,5,7H2,(H,26,28). The van der Waals surface area contributed by atoms with Gasteiger partial charge in [-0.3, -0.25) is 9.20 Å². The van der Waals surface area contributed by atoms with E-state index in [0.717, 1.165) is 34.8 Å². The van der Waals surface area contributed by atoms with Crippen molar-refractivity contribution in [2.45, 2.75) is 38.2 Å². The summed E-state index contributed by atoms with van der Waals surface area (Å²) in [5, 5.41) is 2.90. The Hall–Kier alpha value is -2.90. The van der Waals surface area contributed by atoms with Crippen LogP contribution in [0.1, 0.15) is 64.6 Å². The Morgan fingerprint density at radius 2 is 1.93 bits per heavy atom. The molecule has 2 heterocycles. The van der Waals surface area contributed by atoms with Crippen molar-refractivity contribution in [1.29, 1.82) is 0 Å². The van der Waals surface area contributed by atoms with Crippen molar-refractivity contribution in [1.82, 2.24) is 14.7 Å². The minimum atomic E-state index is -3.02. The van der Waals surface area contributed by atoms with Crippen LogP contribution in [-0.2, 0) is 6.42 Å². The van der Waals surface area contributed by atoms with Gasteiger partial charge in [0.25, 0.3) is 18.8 Å². The van der Waals surface area contributed by atoms with Crippen LogP contribution in [0.3, 0.4) is 0 Å². The molecule has 0 saturated heterocycles. The van der Waals surface area contributed by atoms with Gasteiger partial charge in [-0.25, -0.2) is 22.5 Å². The van der Waals surface area contributed by atoms with E-state index in [2.05, 4.69) is 10.3 Å². The number of aryl methyl sites for hydroxylation is 1. The molecule has 1 aliphatic rings. The second-order valence-electron chi connectivity index (χ2n) is 6.75. The Labute approximate surface area is 158 Å². The lowest BCUT2D eigenvalue weighted by atomic mass is 9.87. The first kappa shape index (κ1) is 18.5. The number of hydrogen-bond donors (Lipinski definition) is 1. The summed E-state index contributed by atoms with van der Waals surface area (Å²) in [7, 11) is 0. The van der Waals surface area contributed by atoms with Gasteiger partial charge < -0.3 is 5.32 Å². The van der Waals surface area contributed by atoms with E-state index in [1.807, 2.05) is 24.3 Å². The molecule has 1 unspecified atom stereocenters. The number of halogens is 4. The molecule has 0 bridgehead atoms. The van der Waals surface area contributed by atoms with Crippen molar-refractivity contribution in [3.8, 4) is 0 Å². The lowest BCUT2D eigenvalue weighted by Gasteiger charge is -2.26. The molecule has 4 rings (SSSR count). The van der Waals surface area contributed by atoms with E-state index < -0.39 is 30.1 Å². The van der Waals surface area contributed by atoms with Crippen molar-refractivity contribution >= 4 is 11.6 Å². The fourth-order valence-corrected chi connectivity index (χ4v) is 3.72. The average molecular weight is 391 g/mol. The molecule has 28 heavy (non-hydrogen) atoms. The highest BCUT2D eigenvalue weighted by atomic mass is 19.3. The highest BCUT2D eigenvalue weighted by Gasteiger charge is 2.25. The molecule has 0 spiro atoms. The number of nitrogens with zero attached hydrogens (tertiary/aromatic N) is 2. The van der Waals surface area contributed by atoms with Crippen LogP contribution in [0, 0.1) is 0 Å². The molecule has 8 heteroatoms. The molecule has 0 aliphatic heterocycles. The van der Waals surface area contributed by atoms with Gasteiger partial charge in [-0.05, 0) is 42.5 Å². The second-order valence-corrected chi connectivity index (χ2v) is 6.75. The number of fused-ring (bicyclic) bond motifs is 2. The molecule has 3 aromatic rings. The largest absolute Gasteiger partial charge is 0.345 e. The van der Waals surface area contributed by atoms with E-state index in [0.29, 0.717) is 6.07 Å². The monoisotopic (exact) mass is 391 g/mol. The van der Waals surface area contributed by atoms with E-state index in [-0.39, 0.29) is 17.3 Å². The number of alkyl halides is 4. The third-order valence-corrected chi connectivity index (χ3v) is 5.03. The molecule has 1 aromatic carbocycles. The van der Waals surface area contributed by atoms with Crippen LogP contribution in [0.15, 0.2) is 42.6 Å². The Balaban J connectivity index is 1.71. The number of amides is 1. The molecule has 0 fully saturated rings. The number of rotatable bonds is 4. The predicted molar refractivity (Wildman–Crippen MR) is 94.7 cm³/mol. The molecular weight excluding hydrogens is 374 g/mol. The van der Waals surface area contributed by atoms with Crippen LogP contribution in [0.4, 0.5) is 17.6 Å². The van der Waals surface area contributed by atoms with Gasteiger partial charge in [-0.15, -0.1) is 0 Å². The number of carbonyl (C=O) groups excluding carboxylic acids is 1. The van der Waals surface area contributed by atoms with Gasteiger partial charge in [0, 0.05) is 6.20 Å². The zero-order valence-corrected chi connectivity index (χ0v) is 14.7. The molecule has 2 aromatic heterocycles. The molecule has 146 valence electrons. The quantitative estimate of drug-likeness (QED) is 0.635. The summed E-state index contributed by atoms with van der Waals surface area (Å²) < 4.78 is 53.8. The maximum atomic E-state index is 13.3. The van der Waals surface area contributed by atoms with E-state index >= 15 is 0 Å². The summed E-state index contributed by atoms with van der Waals surface area (Å²) in [6.07, 6.45) is -2.17. The van der Waals surface area contributed by atoms with Gasteiger partial charge in [0.15, 0.2) is 0 Å². The van der Waals surface area contributed by atoms with Gasteiger partial charge in [-0.2, -0.15) is 0 Å². The highest BCUT2D eigenvalue weighted by molar-refractivity contribution is 6.00. The van der Waals surface area contributed by atoms with Crippen molar-refractivity contribution in [3.05, 3.63) is 70.7 Å². The Bertz CT molecular complexity index is 1030. The van der Waals surface area contributed by atoms with Crippen LogP contribution in [0.2, 0.25) is 0 Å². The topological polar surface area (TPSA) is 46.4 Å². The van der Waals surface area contributed by atoms with Crippen LogP contribution >= 0.6 is 0 Å². The summed E-state index contributed by atoms with van der Waals surface area (Å²) in [4.78, 5) is 16.6. The minimum absolute atomic E-state index is 0.00699. The lowest BCUT2D eigenvalue weighted by Crippen LogP contribution is -2.31. The predicted octanol–water partition coefficient (Wildman–Crippen LogP) is 5.02. The summed E-state index contributed by atoms with van der Waals surface area (Å²) in [5.74, 6) is -0.525. The third-order valence-electron chi connectivity index (χ3n) is 5.03. The van der Waals surface area contributed by atoms with Gasteiger partial charge in [-0.1, -0.05) is 24.3 Å². The smallest absolute Gasteiger partial charge is 0.280 e. The molecule has 0 saturated carbocycles. The number of nitrogens with one attached hydrogen (secondary N) is 1. The second kappa shape index (κ2) is 7.26. The average Bonchev–Trinajstić information content (AvgIpc) is 3.11. The molecule has 0 radical (unpaired) electrons. The molecule has 1 N–H and O–H groups in total. The number of carbonyl (C=O) groups is 1. The molecule has 1 atom stereocenters. The first-order chi connectivity index (χ1) is 13.5. The summed E-state index contributed by atoms with van der Waals surface area (Å²) >= 11 is 0. The highest BCUT2D eigenvalue weighted by Crippen LogP contribution is 2.31. The maximum Gasteiger partial charge on any atom is 0.280 e. The lowest BCUT2D eigenvalue weighted by molar-refractivity contribution is 0.0933. The first-order valence-corrected chi connectivity index (χ1v) is 8.92. The van der Waals surface area contributed by atoms with Gasteiger partial charge in [0.2, 0.25) is 0 Å². The summed E-state index contributed by atoms with van der Waals surface area (Å²) in [6.45, 7) is 0. The van der Waals surface area contributed by atoms with Crippen LogP contribution in [-0.4, -0.2) is 15.3 Å². The van der Waals surface area contributed by atoms with Gasteiger partial charge in [0.1, 0.15) is 11.3 Å². The Kier molecular flexibility index (Phi) is 4.78. The Morgan fingerprint density at radius 1 is 1.14 bits per heavy atom. The van der Waals surface area contributed by atoms with Crippen LogP contribution in [0.5, 0.6) is 0 Å².